The SMILES string of the molecule is [AlH3].[Ni].[SnH2].[Ti]. The molecule has 2 radical (unpaired) electrons. The van der Waals surface area contributed by atoms with Crippen LogP contribution in [0.4, 0.5) is 0 Å². The fourth-order valence-electron chi connectivity index (χ4n) is 0. The molecule has 26 valence electrons. The molecule has 0 bridgehead atoms. The Morgan fingerprint density at radius 1 is 1.00 bits per heavy atom. The fourth-order valence-corrected chi connectivity index (χ4v) is 0. The van der Waals surface area contributed by atoms with Crippen LogP contribution in [0.1, 0.15) is 0 Å². The summed E-state index contributed by atoms with van der Waals surface area (Å²) in [5.41, 5.74) is 0. The third-order valence-electron chi connectivity index (χ3n) is 0. The summed E-state index contributed by atoms with van der Waals surface area (Å²) in [6, 6.07) is 0. The third kappa shape index (κ3) is 8.82. The molecule has 0 N–H and O–H groups in total. The van der Waals surface area contributed by atoms with Crippen molar-refractivity contribution in [2.45, 2.75) is 0 Å². The first-order chi connectivity index (χ1) is 0. The Morgan fingerprint density at radius 3 is 1.00 bits per heavy atom. The zero-order valence-electron chi connectivity index (χ0n) is 1.52. The summed E-state index contributed by atoms with van der Waals surface area (Å²) in [5, 5.41) is 0. The molecule has 0 aliphatic rings. The summed E-state index contributed by atoms with van der Waals surface area (Å²) in [4.78, 5) is 0. The quantitative estimate of drug-likeness (QED) is 0.436. The molecule has 0 nitrogen and oxygen atoms in total. The van der Waals surface area contributed by atoms with Gasteiger partial charge in [0, 0.05) is 38.2 Å². The summed E-state index contributed by atoms with van der Waals surface area (Å²) in [6.07, 6.45) is 0. The van der Waals surface area contributed by atoms with E-state index in [4.69, 9.17) is 0 Å². The van der Waals surface area contributed by atoms with Crippen molar-refractivity contribution >= 4 is 41.3 Å². The second-order valence-corrected chi connectivity index (χ2v) is 0. The van der Waals surface area contributed by atoms with Gasteiger partial charge in [-0.3, -0.25) is 0 Å². The molecular weight excluding hydrogens is 252 g/mol. The van der Waals surface area contributed by atoms with Gasteiger partial charge < -0.3 is 0 Å². The molecule has 0 aliphatic heterocycles. The van der Waals surface area contributed by atoms with Gasteiger partial charge in [-0.2, -0.15) is 0 Å². The van der Waals surface area contributed by atoms with Crippen LogP contribution in [0.3, 0.4) is 0 Å². The van der Waals surface area contributed by atoms with Gasteiger partial charge in [0.05, 0.1) is 0 Å². The average molecular weight is 257 g/mol. The van der Waals surface area contributed by atoms with Gasteiger partial charge in [0.15, 0.2) is 17.4 Å². The van der Waals surface area contributed by atoms with E-state index in [1.165, 1.54) is 0 Å². The maximum Gasteiger partial charge on any atom is 0 e. The van der Waals surface area contributed by atoms with Crippen molar-refractivity contribution in [2.24, 2.45) is 0 Å². The molecule has 4 heavy (non-hydrogen) atoms. The van der Waals surface area contributed by atoms with Crippen molar-refractivity contribution in [3.63, 3.8) is 0 Å². The fraction of sp³-hybridized carbons (Fsp3) is 0. The van der Waals surface area contributed by atoms with Crippen molar-refractivity contribution in [2.75, 3.05) is 0 Å². The van der Waals surface area contributed by atoms with Crippen LogP contribution < -0.4 is 0 Å². The number of rotatable bonds is 0. The zero-order valence-corrected chi connectivity index (χ0v) is 8.11. The van der Waals surface area contributed by atoms with E-state index in [9.17, 15) is 0 Å². The van der Waals surface area contributed by atoms with Crippen molar-refractivity contribution in [3.8, 4) is 0 Å². The van der Waals surface area contributed by atoms with Crippen molar-refractivity contribution in [1.29, 1.82) is 0 Å². The molecule has 0 rings (SSSR count). The molecule has 0 unspecified atom stereocenters. The number of hydrogen-bond acceptors (Lipinski definition) is 0. The standard InChI is InChI=1S/Al.Ni.Sn.Ti.5H. The van der Waals surface area contributed by atoms with Crippen LogP contribution in [-0.2, 0) is 38.2 Å². The second-order valence-electron chi connectivity index (χ2n) is 0. The Morgan fingerprint density at radius 2 is 1.00 bits per heavy atom. The summed E-state index contributed by atoms with van der Waals surface area (Å²) in [6.45, 7) is 0. The summed E-state index contributed by atoms with van der Waals surface area (Å²) in [7, 11) is 0. The molecule has 0 heterocycles. The minimum Gasteiger partial charge on any atom is 0 e. The summed E-state index contributed by atoms with van der Waals surface area (Å²) in [5.74, 6) is 0. The normalized spacial score (nSPS) is 0. The second kappa shape index (κ2) is 17.7. The predicted octanol–water partition coefficient (Wildman–Crippen LogP) is -2.11. The van der Waals surface area contributed by atoms with E-state index in [0.29, 0.717) is 0 Å². The maximum atomic E-state index is 0. The largest absolute Gasteiger partial charge is 0 e. The Hall–Kier alpha value is 2.54. The molecule has 0 aromatic carbocycles. The van der Waals surface area contributed by atoms with Crippen molar-refractivity contribution in [3.05, 3.63) is 0 Å². The molecule has 0 spiro atoms. The van der Waals surface area contributed by atoms with Gasteiger partial charge in [-0.15, -0.1) is 0 Å². The van der Waals surface area contributed by atoms with Crippen LogP contribution in [0.25, 0.3) is 0 Å². The van der Waals surface area contributed by atoms with Crippen LogP contribution in [-0.4, -0.2) is 41.3 Å². The topological polar surface area (TPSA) is 0 Å². The predicted molar refractivity (Wildman–Crippen MR) is 18.5 cm³/mol. The van der Waals surface area contributed by atoms with E-state index in [1.54, 1.807) is 0 Å². The van der Waals surface area contributed by atoms with Gasteiger partial charge >= 0.3 is 23.9 Å². The maximum absolute atomic E-state index is 0. The van der Waals surface area contributed by atoms with E-state index >= 15 is 0 Å². The number of hydrogen-bond donors (Lipinski definition) is 0. The summed E-state index contributed by atoms with van der Waals surface area (Å²) >= 11 is 0. The van der Waals surface area contributed by atoms with E-state index < -0.39 is 0 Å². The van der Waals surface area contributed by atoms with Crippen LogP contribution >= 0.6 is 0 Å². The first-order valence-corrected chi connectivity index (χ1v) is 0. The third-order valence-corrected chi connectivity index (χ3v) is 0. The minimum atomic E-state index is 0. The summed E-state index contributed by atoms with van der Waals surface area (Å²) < 4.78 is 0. The van der Waals surface area contributed by atoms with Gasteiger partial charge in [0.1, 0.15) is 0 Å². The van der Waals surface area contributed by atoms with Gasteiger partial charge in [0.25, 0.3) is 0 Å². The van der Waals surface area contributed by atoms with Crippen molar-refractivity contribution < 1.29 is 38.2 Å². The average Bonchev–Trinajstić information content (AvgIpc) is 0. The van der Waals surface area contributed by atoms with E-state index in [0.717, 1.165) is 0 Å². The first kappa shape index (κ1) is 31.1. The van der Waals surface area contributed by atoms with Gasteiger partial charge in [-0.25, -0.2) is 0 Å². The smallest absolute Gasteiger partial charge is 0 e. The van der Waals surface area contributed by atoms with Crippen LogP contribution in [0, 0.1) is 0 Å². The van der Waals surface area contributed by atoms with E-state index in [2.05, 4.69) is 0 Å². The Kier molecular flexibility index (Phi) is 138. The van der Waals surface area contributed by atoms with Crippen LogP contribution in [0.15, 0.2) is 0 Å². The Bertz CT molecular complexity index is 8.00. The molecule has 4 heteroatoms. The van der Waals surface area contributed by atoms with Crippen LogP contribution in [0.2, 0.25) is 0 Å². The molecule has 0 atom stereocenters. The molecule has 0 aromatic rings. The molecule has 0 fully saturated rings. The Balaban J connectivity index is 0. The molecule has 0 amide bonds. The molecule has 0 aliphatic carbocycles. The zero-order chi connectivity index (χ0) is 0. The van der Waals surface area contributed by atoms with E-state index in [1.807, 2.05) is 0 Å². The molecule has 0 saturated carbocycles. The Labute approximate surface area is 78.4 Å². The minimum absolute atomic E-state index is 0. The first-order valence-electron chi connectivity index (χ1n) is 0. The molecular formula is H5AlNiSnTi. The van der Waals surface area contributed by atoms with Crippen LogP contribution in [0.5, 0.6) is 0 Å². The molecule has 0 saturated heterocycles. The van der Waals surface area contributed by atoms with Crippen molar-refractivity contribution in [1.82, 2.24) is 0 Å². The van der Waals surface area contributed by atoms with Gasteiger partial charge in [-0.05, 0) is 0 Å². The van der Waals surface area contributed by atoms with Gasteiger partial charge in [0.2, 0.25) is 0 Å². The van der Waals surface area contributed by atoms with E-state index in [-0.39, 0.29) is 79.5 Å². The van der Waals surface area contributed by atoms with Gasteiger partial charge in [-0.1, -0.05) is 0 Å². The monoisotopic (exact) mass is 258 g/mol. The molecule has 0 aromatic heterocycles.